The molecule has 0 amide bonds. The summed E-state index contributed by atoms with van der Waals surface area (Å²) in [5.74, 6) is -33.5. The molecule has 10 aliphatic rings. The summed E-state index contributed by atoms with van der Waals surface area (Å²) < 4.78 is 982. The second-order valence-electron chi connectivity index (χ2n) is 26.0. The van der Waals surface area contributed by atoms with Gasteiger partial charge >= 0.3 is 0 Å². The molecule has 0 bridgehead atoms. The summed E-state index contributed by atoms with van der Waals surface area (Å²) in [5, 5.41) is 50.5. The second kappa shape index (κ2) is 39.7. The Balaban J connectivity index is 0.000000260. The largest absolute Gasteiger partial charge is 0.493 e. The molecule has 10 aliphatic heterocycles. The lowest BCUT2D eigenvalue weighted by molar-refractivity contribution is -0.0259. The normalized spacial score (nSPS) is 60.4. The number of ether oxygens (including phenoxy) is 10. The highest BCUT2D eigenvalue weighted by Gasteiger charge is 2.46. The van der Waals surface area contributed by atoms with Crippen molar-refractivity contribution in [2.75, 3.05) is 136 Å². The van der Waals surface area contributed by atoms with Crippen molar-refractivity contribution in [3.63, 3.8) is 0 Å². The molecule has 5 aromatic carbocycles. The Kier molecular flexibility index (Phi) is 8.66. The van der Waals surface area contributed by atoms with E-state index in [9.17, 15) is 28.7 Å². The number of aliphatic hydroxyl groups is 5. The van der Waals surface area contributed by atoms with Gasteiger partial charge in [-0.2, -0.15) is 0 Å². The van der Waals surface area contributed by atoms with Crippen LogP contribution >= 0.6 is 0 Å². The van der Waals surface area contributed by atoms with E-state index in [1.807, 2.05) is 0 Å². The molecule has 119 heavy (non-hydrogen) atoms. The number of hydrogen-bond donors (Lipinski definition) is 5. The first kappa shape index (κ1) is 26.0. The average Bonchev–Trinajstić information content (AvgIpc) is 0.643. The van der Waals surface area contributed by atoms with Crippen LogP contribution < -0.4 is 47.4 Å². The van der Waals surface area contributed by atoms with Crippen molar-refractivity contribution in [2.45, 2.75) is 252 Å². The Morgan fingerprint density at radius 2 is 0.555 bits per heavy atom. The highest BCUT2D eigenvalue weighted by atomic mass is 16.5. The Hall–Kier alpha value is -6.30. The van der Waals surface area contributed by atoms with Crippen LogP contribution in [0.3, 0.4) is 0 Å². The summed E-state index contributed by atoms with van der Waals surface area (Å²) in [6.45, 7) is -71.6. The maximum atomic E-state index is 11.7. The summed E-state index contributed by atoms with van der Waals surface area (Å²) in [7, 11) is -8.57. The van der Waals surface area contributed by atoms with Gasteiger partial charge in [0.2, 0.25) is 1.43 Å². The smallest absolute Gasteiger partial charge is 0.210 e. The molecule has 20 nitrogen and oxygen atoms in total. The van der Waals surface area contributed by atoms with Gasteiger partial charge in [0.1, 0.15) is 0 Å². The first-order chi connectivity index (χ1) is 99.5. The van der Waals surface area contributed by atoms with Crippen LogP contribution in [0.15, 0.2) is 60.4 Å². The fraction of sp³-hybridized carbons (Fsp3) is 0.697. The Labute approximate surface area is 869 Å². The molecular formula is C99H153N5O15. The van der Waals surface area contributed by atoms with E-state index in [0.717, 1.165) is 42.7 Å². The summed E-state index contributed by atoms with van der Waals surface area (Å²) in [5.41, 5.74) is -30.0. The first-order valence-electron chi connectivity index (χ1n) is 88.8. The SMILES string of the molecule is [2H]OC1([2H])C([2H])([2H])C2([2H])c3c([2H])c(OC([2H])([2H])[2H])c(OC)c([2H])c3C([2H])([2H])C([2H])([2H])N2C([2H])([2H])C1([2H])C([2H])([2H])C(C)(C([2H])([2H])[2H])C([2H])([2H])[2H].[2H]c1c(OC)c(OC([2H])([2H])[2H])c([2H])c2c1C([2H])([2H])C([2H])([2H])N1C([2H])([2H])C([2H])(C([2H])([2H])C(C)(C([2H])([2H])[2H])C([2H])([2H])[2H])C([2H])(O)C([2H])([2H])C21[2H].[2H]c1c(OC)c(OC([2H])([2H])[2H])c([2H])c2c1C([2H])([2H])C([2H])([2H])N1C([2H])([2H])C([2H])(C([2H])([2H])C(C)(C([2H])([2H])[2H])C([2H])([2H])[2H])C([2H])(O)C([2H])([2H])C21[2H].[2H]c1c(OC)c(OC([2H])([2H])[2H])c([2H])c2c1C([2H])([2H])C([2H])([2H])N1C([2H])([2H])C([2H])(CC(C)C)C([2H])(O)C([2H])([2H])C21[2H].[2H]c1c(OC)c(OC)c([2H])c2c1C([2H])([2H])C([2H])([2H])N1C([2H])([2H])C([2H])(C([2H])([2H])C(C)(C([2H])([2H])[2H])C([2H])([2H])[2H])C([2H])(O)C([2H])([2H])C21[2H]. The molecule has 10 heterocycles. The molecule has 5 aromatic rings. The van der Waals surface area contributed by atoms with Gasteiger partial charge in [-0.15, -0.1) is 0 Å². The van der Waals surface area contributed by atoms with Gasteiger partial charge in [0, 0.05) is 201 Å². The second-order valence-corrected chi connectivity index (χ2v) is 26.0. The van der Waals surface area contributed by atoms with Gasteiger partial charge in [0.15, 0.2) is 57.5 Å². The summed E-state index contributed by atoms with van der Waals surface area (Å²) >= 11 is 0. The first-order valence-corrected chi connectivity index (χ1v) is 33.9. The zero-order valence-electron chi connectivity index (χ0n) is 174. The van der Waals surface area contributed by atoms with Crippen LogP contribution in [0.2, 0.25) is 0 Å². The van der Waals surface area contributed by atoms with E-state index in [-0.39, 0.29) is 32.6 Å². The zero-order valence-corrected chi connectivity index (χ0v) is 64.3. The number of hydrogen-bond acceptors (Lipinski definition) is 20. The van der Waals surface area contributed by atoms with Gasteiger partial charge < -0.3 is 72.9 Å². The van der Waals surface area contributed by atoms with E-state index in [0.29, 0.717) is 0 Å². The number of nitrogens with zero attached hydrogens (tertiary/aromatic N) is 5. The Morgan fingerprint density at radius 3 is 0.765 bits per heavy atom. The van der Waals surface area contributed by atoms with Crippen molar-refractivity contribution < 1.29 is 222 Å². The van der Waals surface area contributed by atoms with Crippen molar-refractivity contribution in [1.82, 2.24) is 24.5 Å². The number of rotatable bonds is 17. The van der Waals surface area contributed by atoms with Crippen molar-refractivity contribution in [1.29, 1.82) is 1.43 Å². The number of methoxy groups -OCH3 is 10. The van der Waals surface area contributed by atoms with Gasteiger partial charge in [0.05, 0.1) is 145 Å². The Bertz CT molecular complexity index is 9260. The van der Waals surface area contributed by atoms with E-state index in [1.54, 1.807) is 0 Å². The topological polar surface area (TPSA) is 210 Å². The minimum absolute atomic E-state index is 0.186. The maximum Gasteiger partial charge on any atom is 0.210 e. The molecule has 15 rings (SSSR count). The number of benzene rings is 5. The van der Waals surface area contributed by atoms with E-state index >= 15 is 0 Å². The molecule has 0 aliphatic carbocycles. The summed E-state index contributed by atoms with van der Waals surface area (Å²) in [6.07, 6.45) is -83.2. The van der Waals surface area contributed by atoms with E-state index in [2.05, 4.69) is 5.11 Å². The molecule has 0 radical (unpaired) electrons. The molecule has 0 spiro atoms. The van der Waals surface area contributed by atoms with Gasteiger partial charge in [-0.25, -0.2) is 0 Å². The van der Waals surface area contributed by atoms with Crippen molar-refractivity contribution in [3.8, 4) is 57.5 Å². The minimum Gasteiger partial charge on any atom is -0.493 e. The molecule has 15 atom stereocenters. The molecule has 5 fully saturated rings. The lowest BCUT2D eigenvalue weighted by atomic mass is 9.75. The minimum atomic E-state index is -4.86. The third kappa shape index (κ3) is 22.8. The van der Waals surface area contributed by atoms with Crippen LogP contribution in [0, 0.1) is 57.0 Å². The highest BCUT2D eigenvalue weighted by molar-refractivity contribution is 5.54. The lowest BCUT2D eigenvalue weighted by Gasteiger charge is -2.47. The average molecular weight is 1760 g/mol. The van der Waals surface area contributed by atoms with Crippen LogP contribution in [-0.2, 0) is 31.9 Å². The molecule has 20 heteroatoms. The molecule has 5 N–H and O–H groups in total. The lowest BCUT2D eigenvalue weighted by Crippen LogP contribution is -2.48. The maximum absolute atomic E-state index is 11.7. The van der Waals surface area contributed by atoms with Gasteiger partial charge in [0.25, 0.3) is 0 Å². The molecule has 0 saturated carbocycles. The van der Waals surface area contributed by atoms with Crippen LogP contribution in [-0.4, -0.2) is 218 Å². The van der Waals surface area contributed by atoms with E-state index < -0.39 is 554 Å². The van der Waals surface area contributed by atoms with Crippen molar-refractivity contribution >= 4 is 0 Å². The molecule has 0 aromatic heterocycles. The standard InChI is InChI=1S/4C20H31NO3.C19H29NO3/c4*1-20(2,3)11-14-12-21-7-6-13-8-18(23-4)19(24-5)9-15(13)16(21)10-17(14)22;1-12(2)7-14-11-20-6-5-13-8-18(22-3)19(23-4)9-15(13)16(20)10-17(14)21/h4*8-9,14,16-17,22H,6-7,10-12H2,1-5H3;8-9,12,14,16-17,21H,5-7,10-11H2,1-4H3/i1D3,2D3,5D3,6D2,7D2,8D,9D,10D2,11D2,12D2,14D,16D,17D,22D;2*1D3,2D3,5D3,6D2,7D2,8D,9D,10D2,11D2,12D2,14D,16D,17D;1D3,2D3,6D2,7D2,8D,9D,10D2,11D2,12D2,14D,16D,17D;4D3,5D2,6D2,8D,9D,10D2,11D2,14D,16D,17D. The molecule has 15 unspecified atom stereocenters. The van der Waals surface area contributed by atoms with Gasteiger partial charge in [-0.1, -0.05) is 96.4 Å². The molecular weight excluding hydrogens is 1500 g/mol. The van der Waals surface area contributed by atoms with Gasteiger partial charge in [-0.05, 0) is 269 Å². The van der Waals surface area contributed by atoms with Crippen molar-refractivity contribution in [3.05, 3.63) is 116 Å². The third-order valence-electron chi connectivity index (χ3n) is 15.7. The molecule has 664 valence electrons. The monoisotopic (exact) mass is 1760 g/mol. The van der Waals surface area contributed by atoms with Crippen LogP contribution in [0.4, 0.5) is 0 Å². The fourth-order valence-corrected chi connectivity index (χ4v) is 10.9. The summed E-state index contributed by atoms with van der Waals surface area (Å²) in [4.78, 5) is -3.31. The zero-order chi connectivity index (χ0) is 183. The van der Waals surface area contributed by atoms with E-state index in [4.69, 9.17) is 190 Å². The van der Waals surface area contributed by atoms with E-state index in [1.165, 1.54) is 13.8 Å². The number of piperidine rings is 5. The van der Waals surface area contributed by atoms with Crippen LogP contribution in [0.1, 0.15) is 395 Å². The molecule has 5 saturated heterocycles. The third-order valence-corrected chi connectivity index (χ3v) is 15.7. The Morgan fingerprint density at radius 1 is 0.353 bits per heavy atom. The predicted octanol–water partition coefficient (Wildman–Crippen LogP) is 16.7. The fourth-order valence-electron chi connectivity index (χ4n) is 10.9. The van der Waals surface area contributed by atoms with Crippen molar-refractivity contribution in [2.24, 2.45) is 57.0 Å². The number of fused-ring (bicyclic) bond motifs is 15. The predicted molar refractivity (Wildman–Crippen MR) is 474 cm³/mol. The quantitative estimate of drug-likeness (QED) is 0.0586. The van der Waals surface area contributed by atoms with Gasteiger partial charge in [-0.3, -0.25) is 24.5 Å². The summed E-state index contributed by atoms with van der Waals surface area (Å²) in [6, 6.07) is -33.8. The van der Waals surface area contributed by atoms with Crippen LogP contribution in [0.25, 0.3) is 0 Å². The highest BCUT2D eigenvalue weighted by Crippen LogP contribution is 2.52. The van der Waals surface area contributed by atoms with Crippen LogP contribution in [0.5, 0.6) is 57.5 Å².